The number of aryl methyl sites for hydroxylation is 1. The molecule has 4 bridgehead atoms. The maximum absolute atomic E-state index is 13.2. The lowest BCUT2D eigenvalue weighted by molar-refractivity contribution is -0.127. The number of anilines is 1. The van der Waals surface area contributed by atoms with E-state index < -0.39 is 0 Å². The Hall–Kier alpha value is -1.36. The average Bonchev–Trinajstić information content (AvgIpc) is 3.20. The van der Waals surface area contributed by atoms with Crippen molar-refractivity contribution >= 4 is 28.2 Å². The monoisotopic (exact) mass is 360 g/mol. The van der Waals surface area contributed by atoms with E-state index in [1.165, 1.54) is 19.3 Å². The van der Waals surface area contributed by atoms with E-state index in [4.69, 9.17) is 0 Å². The van der Waals surface area contributed by atoms with Gasteiger partial charge in [0, 0.05) is 11.4 Å². The van der Waals surface area contributed by atoms with Gasteiger partial charge in [0.2, 0.25) is 5.91 Å². The molecule has 0 aromatic carbocycles. The molecule has 5 heteroatoms. The number of rotatable bonds is 6. The van der Waals surface area contributed by atoms with Gasteiger partial charge in [0.15, 0.2) is 0 Å². The van der Waals surface area contributed by atoms with Gasteiger partial charge >= 0.3 is 0 Å². The summed E-state index contributed by atoms with van der Waals surface area (Å²) in [6, 6.07) is 1.95. The highest BCUT2D eigenvalue weighted by Crippen LogP contribution is 2.65. The maximum atomic E-state index is 13.2. The van der Waals surface area contributed by atoms with E-state index in [1.807, 2.05) is 13.0 Å². The van der Waals surface area contributed by atoms with Crippen LogP contribution in [-0.2, 0) is 11.2 Å². The third kappa shape index (κ3) is 2.80. The van der Waals surface area contributed by atoms with Crippen molar-refractivity contribution in [1.82, 2.24) is 5.32 Å². The second kappa shape index (κ2) is 6.42. The molecule has 2 unspecified atom stereocenters. The molecule has 4 nitrogen and oxygen atoms in total. The van der Waals surface area contributed by atoms with Crippen LogP contribution in [0.5, 0.6) is 0 Å². The predicted molar refractivity (Wildman–Crippen MR) is 101 cm³/mol. The summed E-state index contributed by atoms with van der Waals surface area (Å²) in [6.45, 7) is 4.79. The molecule has 2 amide bonds. The van der Waals surface area contributed by atoms with Gasteiger partial charge in [-0.05, 0) is 68.8 Å². The van der Waals surface area contributed by atoms with Gasteiger partial charge in [-0.1, -0.05) is 13.8 Å². The van der Waals surface area contributed by atoms with Crippen molar-refractivity contribution in [2.45, 2.75) is 58.8 Å². The molecule has 1 aromatic heterocycles. The standard InChI is InChI=1S/C20H28N2O2S/c1-3-5-21-17(23)16-9-15(4-2)25-18(16)22-19(24)20-10-12-6-13(11-20)8-14(20)7-12/h9,12-14H,3-8,10-11H2,1-2H3,(H,21,23)(H,22,24). The van der Waals surface area contributed by atoms with Crippen molar-refractivity contribution in [3.8, 4) is 0 Å². The third-order valence-corrected chi connectivity index (χ3v) is 7.78. The van der Waals surface area contributed by atoms with Crippen LogP contribution in [0.25, 0.3) is 0 Å². The zero-order valence-electron chi connectivity index (χ0n) is 15.2. The number of carbonyl (C=O) groups excluding carboxylic acids is 2. The maximum Gasteiger partial charge on any atom is 0.254 e. The molecule has 4 aliphatic carbocycles. The summed E-state index contributed by atoms with van der Waals surface area (Å²) in [4.78, 5) is 26.9. The molecule has 5 rings (SSSR count). The normalized spacial score (nSPS) is 32.2. The molecule has 1 aromatic rings. The lowest BCUT2D eigenvalue weighted by Gasteiger charge is -2.31. The van der Waals surface area contributed by atoms with Gasteiger partial charge in [-0.3, -0.25) is 9.59 Å². The van der Waals surface area contributed by atoms with Crippen LogP contribution < -0.4 is 10.6 Å². The molecular formula is C20H28N2O2S. The molecule has 0 saturated heterocycles. The number of carbonyl (C=O) groups is 2. The summed E-state index contributed by atoms with van der Waals surface area (Å²) in [5.74, 6) is 2.19. The van der Waals surface area contributed by atoms with Crippen LogP contribution in [0, 0.1) is 23.2 Å². The molecule has 1 heterocycles. The largest absolute Gasteiger partial charge is 0.352 e. The van der Waals surface area contributed by atoms with Gasteiger partial charge in [0.1, 0.15) is 5.00 Å². The highest BCUT2D eigenvalue weighted by molar-refractivity contribution is 7.16. The molecule has 0 radical (unpaired) electrons. The predicted octanol–water partition coefficient (Wildman–Crippen LogP) is 4.22. The Kier molecular flexibility index (Phi) is 4.38. The van der Waals surface area contributed by atoms with Crippen LogP contribution in [0.3, 0.4) is 0 Å². The first-order chi connectivity index (χ1) is 12.1. The van der Waals surface area contributed by atoms with Crippen molar-refractivity contribution in [1.29, 1.82) is 0 Å². The van der Waals surface area contributed by atoms with Gasteiger partial charge < -0.3 is 10.6 Å². The molecule has 25 heavy (non-hydrogen) atoms. The summed E-state index contributed by atoms with van der Waals surface area (Å²) in [7, 11) is 0. The Morgan fingerprint density at radius 3 is 2.56 bits per heavy atom. The van der Waals surface area contributed by atoms with Crippen LogP contribution in [0.1, 0.15) is 67.6 Å². The molecule has 4 fully saturated rings. The SMILES string of the molecule is CCCNC(=O)c1cc(CC)sc1NC(=O)C12CC3CC(CC1C3)C2. The van der Waals surface area contributed by atoms with Gasteiger partial charge in [0.25, 0.3) is 5.91 Å². The van der Waals surface area contributed by atoms with Gasteiger partial charge in [0.05, 0.1) is 11.0 Å². The second-order valence-electron chi connectivity index (χ2n) is 8.22. The van der Waals surface area contributed by atoms with Gasteiger partial charge in [-0.2, -0.15) is 0 Å². The van der Waals surface area contributed by atoms with Crippen molar-refractivity contribution in [3.05, 3.63) is 16.5 Å². The van der Waals surface area contributed by atoms with Crippen LogP contribution >= 0.6 is 11.3 Å². The lowest BCUT2D eigenvalue weighted by Crippen LogP contribution is -2.37. The van der Waals surface area contributed by atoms with Crippen LogP contribution in [0.4, 0.5) is 5.00 Å². The highest BCUT2D eigenvalue weighted by atomic mass is 32.1. The number of thiophene rings is 1. The fourth-order valence-corrected chi connectivity index (χ4v) is 6.59. The van der Waals surface area contributed by atoms with Gasteiger partial charge in [-0.25, -0.2) is 0 Å². The number of hydrogen-bond donors (Lipinski definition) is 2. The van der Waals surface area contributed by atoms with Crippen molar-refractivity contribution < 1.29 is 9.59 Å². The van der Waals surface area contributed by atoms with E-state index in [2.05, 4.69) is 17.6 Å². The molecule has 2 N–H and O–H groups in total. The minimum absolute atomic E-state index is 0.0668. The zero-order valence-corrected chi connectivity index (χ0v) is 16.0. The van der Waals surface area contributed by atoms with E-state index in [0.717, 1.165) is 47.4 Å². The fourth-order valence-electron chi connectivity index (χ4n) is 5.61. The first kappa shape index (κ1) is 17.1. The second-order valence-corrected chi connectivity index (χ2v) is 9.36. The molecule has 0 aliphatic heterocycles. The Morgan fingerprint density at radius 1 is 1.20 bits per heavy atom. The van der Waals surface area contributed by atoms with Crippen molar-refractivity contribution in [2.24, 2.45) is 23.2 Å². The summed E-state index contributed by atoms with van der Waals surface area (Å²) >= 11 is 1.56. The van der Waals surface area contributed by atoms with Crippen LogP contribution in [-0.4, -0.2) is 18.4 Å². The molecule has 2 atom stereocenters. The Labute approximate surface area is 153 Å². The van der Waals surface area contributed by atoms with Crippen molar-refractivity contribution in [3.63, 3.8) is 0 Å². The minimum Gasteiger partial charge on any atom is -0.352 e. The smallest absolute Gasteiger partial charge is 0.254 e. The first-order valence-electron chi connectivity index (χ1n) is 9.78. The van der Waals surface area contributed by atoms with Crippen LogP contribution in [0.15, 0.2) is 6.07 Å². The topological polar surface area (TPSA) is 58.2 Å². The van der Waals surface area contributed by atoms with E-state index >= 15 is 0 Å². The van der Waals surface area contributed by atoms with E-state index in [-0.39, 0.29) is 17.2 Å². The van der Waals surface area contributed by atoms with E-state index in [9.17, 15) is 9.59 Å². The Balaban J connectivity index is 1.55. The summed E-state index contributed by atoms with van der Waals surface area (Å²) in [5, 5.41) is 6.88. The van der Waals surface area contributed by atoms with E-state index in [0.29, 0.717) is 18.0 Å². The number of hydrogen-bond acceptors (Lipinski definition) is 3. The number of nitrogens with one attached hydrogen (secondary N) is 2. The summed E-state index contributed by atoms with van der Waals surface area (Å²) in [6.07, 6.45) is 7.71. The molecule has 4 aliphatic rings. The van der Waals surface area contributed by atoms with E-state index in [1.54, 1.807) is 11.3 Å². The quantitative estimate of drug-likeness (QED) is 0.798. The fraction of sp³-hybridized carbons (Fsp3) is 0.700. The Morgan fingerprint density at radius 2 is 1.92 bits per heavy atom. The first-order valence-corrected chi connectivity index (χ1v) is 10.6. The van der Waals surface area contributed by atoms with Gasteiger partial charge in [-0.15, -0.1) is 11.3 Å². The summed E-state index contributed by atoms with van der Waals surface area (Å²) in [5.41, 5.74) is 0.485. The average molecular weight is 361 g/mol. The Bertz CT molecular complexity index is 682. The van der Waals surface area contributed by atoms with Crippen LogP contribution in [0.2, 0.25) is 0 Å². The van der Waals surface area contributed by atoms with Crippen molar-refractivity contribution in [2.75, 3.05) is 11.9 Å². The zero-order chi connectivity index (χ0) is 17.6. The minimum atomic E-state index is -0.152. The lowest BCUT2D eigenvalue weighted by atomic mass is 9.75. The molecule has 136 valence electrons. The molecule has 0 spiro atoms. The third-order valence-electron chi connectivity index (χ3n) is 6.58. The highest BCUT2D eigenvalue weighted by Gasteiger charge is 2.61. The summed E-state index contributed by atoms with van der Waals surface area (Å²) < 4.78 is 0. The number of amides is 2. The molecule has 4 saturated carbocycles. The molecular weight excluding hydrogens is 332 g/mol.